The van der Waals surface area contributed by atoms with Gasteiger partial charge in [0, 0.05) is 31.4 Å². The van der Waals surface area contributed by atoms with Crippen LogP contribution in [0.3, 0.4) is 0 Å². The number of benzene rings is 1. The Hall–Kier alpha value is -2.08. The summed E-state index contributed by atoms with van der Waals surface area (Å²) in [6.07, 6.45) is 2.14. The van der Waals surface area contributed by atoms with Gasteiger partial charge in [-0.15, -0.1) is 0 Å². The van der Waals surface area contributed by atoms with Crippen molar-refractivity contribution in [3.63, 3.8) is 0 Å². The van der Waals surface area contributed by atoms with Gasteiger partial charge in [0.25, 0.3) is 0 Å². The van der Waals surface area contributed by atoms with Crippen LogP contribution in [-0.4, -0.2) is 43.0 Å². The number of nitrogens with one attached hydrogen (secondary N) is 3. The van der Waals surface area contributed by atoms with Crippen molar-refractivity contribution in [2.45, 2.75) is 18.9 Å². The first-order chi connectivity index (χ1) is 10.3. The lowest BCUT2D eigenvalue weighted by Crippen LogP contribution is -2.38. The molecule has 3 amide bonds. The highest BCUT2D eigenvalue weighted by molar-refractivity contribution is 6.01. The molecule has 0 saturated carbocycles. The lowest BCUT2D eigenvalue weighted by atomic mass is 10.0. The second-order valence-electron chi connectivity index (χ2n) is 5.37. The number of fused-ring (bicyclic) bond motifs is 1. The quantitative estimate of drug-likeness (QED) is 0.725. The van der Waals surface area contributed by atoms with Crippen LogP contribution in [0.1, 0.15) is 24.4 Å². The molecule has 1 atom stereocenters. The normalized spacial score (nSPS) is 21.5. The van der Waals surface area contributed by atoms with Crippen molar-refractivity contribution >= 4 is 17.6 Å². The van der Waals surface area contributed by atoms with Crippen LogP contribution in [0.5, 0.6) is 0 Å². The van der Waals surface area contributed by atoms with E-state index in [0.717, 1.165) is 19.4 Å². The van der Waals surface area contributed by atoms with Crippen molar-refractivity contribution in [3.8, 4) is 0 Å². The highest BCUT2D eigenvalue weighted by Crippen LogP contribution is 2.28. The van der Waals surface area contributed by atoms with Crippen LogP contribution in [0.15, 0.2) is 24.3 Å². The molecule has 21 heavy (non-hydrogen) atoms. The van der Waals surface area contributed by atoms with Crippen LogP contribution in [0.25, 0.3) is 0 Å². The first-order valence-corrected chi connectivity index (χ1v) is 7.40. The van der Waals surface area contributed by atoms with Crippen LogP contribution >= 0.6 is 0 Å². The van der Waals surface area contributed by atoms with Gasteiger partial charge >= 0.3 is 6.03 Å². The van der Waals surface area contributed by atoms with E-state index in [1.54, 1.807) is 0 Å². The second-order valence-corrected chi connectivity index (χ2v) is 5.37. The number of nitrogens with zero attached hydrogens (tertiary/aromatic N) is 1. The summed E-state index contributed by atoms with van der Waals surface area (Å²) in [5.74, 6) is -0.148. The van der Waals surface area contributed by atoms with Crippen LogP contribution in [0.2, 0.25) is 0 Å². The number of carbonyl (C=O) groups excluding carboxylic acids is 2. The number of para-hydroxylation sites is 1. The molecule has 6 heteroatoms. The number of anilines is 1. The number of hydrogen-bond acceptors (Lipinski definition) is 4. The van der Waals surface area contributed by atoms with Gasteiger partial charge in [0.05, 0.1) is 6.54 Å². The Morgan fingerprint density at radius 2 is 2.10 bits per heavy atom. The van der Waals surface area contributed by atoms with E-state index in [0.29, 0.717) is 13.1 Å². The standard InChI is InChI=1S/C15H20N4O2/c20-14-10-18-15(21)19(14)9-8-17-13-6-3-7-16-12-5-2-1-4-11(12)13/h1-2,4-5,13,16-17H,3,6-10H2,(H,18,21). The molecular formula is C15H20N4O2. The molecular weight excluding hydrogens is 268 g/mol. The summed E-state index contributed by atoms with van der Waals surface area (Å²) < 4.78 is 0. The van der Waals surface area contributed by atoms with Gasteiger partial charge in [-0.25, -0.2) is 4.79 Å². The summed E-state index contributed by atoms with van der Waals surface area (Å²) in [4.78, 5) is 24.3. The molecule has 2 heterocycles. The predicted octanol–water partition coefficient (Wildman–Crippen LogP) is 1.07. The number of carbonyl (C=O) groups is 2. The Kier molecular flexibility index (Phi) is 4.06. The third kappa shape index (κ3) is 3.00. The molecule has 1 aromatic carbocycles. The minimum Gasteiger partial charge on any atom is -0.385 e. The molecule has 0 radical (unpaired) electrons. The number of rotatable bonds is 4. The Labute approximate surface area is 123 Å². The summed E-state index contributed by atoms with van der Waals surface area (Å²) in [5, 5.41) is 9.44. The maximum Gasteiger partial charge on any atom is 0.324 e. The van der Waals surface area contributed by atoms with Gasteiger partial charge in [-0.3, -0.25) is 9.69 Å². The highest BCUT2D eigenvalue weighted by atomic mass is 16.2. The number of amides is 3. The van der Waals surface area contributed by atoms with Crippen molar-refractivity contribution in [2.24, 2.45) is 0 Å². The van der Waals surface area contributed by atoms with Gasteiger partial charge < -0.3 is 16.0 Å². The Morgan fingerprint density at radius 1 is 1.24 bits per heavy atom. The molecule has 1 fully saturated rings. The average Bonchev–Trinajstić information content (AvgIpc) is 2.72. The van der Waals surface area contributed by atoms with Gasteiger partial charge in [-0.05, 0) is 24.5 Å². The minimum absolute atomic E-state index is 0.120. The monoisotopic (exact) mass is 288 g/mol. The topological polar surface area (TPSA) is 73.5 Å². The zero-order valence-electron chi connectivity index (χ0n) is 11.9. The van der Waals surface area contributed by atoms with Gasteiger partial charge in [0.15, 0.2) is 0 Å². The average molecular weight is 288 g/mol. The second kappa shape index (κ2) is 6.13. The zero-order chi connectivity index (χ0) is 14.7. The van der Waals surface area contributed by atoms with E-state index in [4.69, 9.17) is 0 Å². The van der Waals surface area contributed by atoms with E-state index in [-0.39, 0.29) is 24.5 Å². The largest absolute Gasteiger partial charge is 0.385 e. The SMILES string of the molecule is O=C1CNC(=O)N1CCNC1CCCNc2ccccc21. The number of hydrogen-bond donors (Lipinski definition) is 3. The molecule has 6 nitrogen and oxygen atoms in total. The van der Waals surface area contributed by atoms with Gasteiger partial charge in [-0.1, -0.05) is 18.2 Å². The molecule has 2 aliphatic rings. The molecule has 1 unspecified atom stereocenters. The molecule has 0 aliphatic carbocycles. The smallest absolute Gasteiger partial charge is 0.324 e. The molecule has 0 spiro atoms. The van der Waals surface area contributed by atoms with Crippen LogP contribution in [0.4, 0.5) is 10.5 Å². The van der Waals surface area contributed by atoms with Gasteiger partial charge in [0.1, 0.15) is 0 Å². The van der Waals surface area contributed by atoms with E-state index in [9.17, 15) is 9.59 Å². The van der Waals surface area contributed by atoms with E-state index in [2.05, 4.69) is 28.1 Å². The Bertz CT molecular complexity index is 530. The summed E-state index contributed by atoms with van der Waals surface area (Å²) in [6.45, 7) is 2.12. The molecule has 1 aromatic rings. The molecule has 0 aromatic heterocycles. The fourth-order valence-electron chi connectivity index (χ4n) is 2.89. The number of urea groups is 1. The molecule has 1 saturated heterocycles. The zero-order valence-corrected chi connectivity index (χ0v) is 11.9. The highest BCUT2D eigenvalue weighted by Gasteiger charge is 2.28. The number of imide groups is 1. The maximum atomic E-state index is 11.5. The van der Waals surface area contributed by atoms with E-state index >= 15 is 0 Å². The fourth-order valence-corrected chi connectivity index (χ4v) is 2.89. The molecule has 3 N–H and O–H groups in total. The molecule has 3 rings (SSSR count). The van der Waals surface area contributed by atoms with E-state index in [1.165, 1.54) is 16.2 Å². The van der Waals surface area contributed by atoms with Crippen LogP contribution in [-0.2, 0) is 4.79 Å². The van der Waals surface area contributed by atoms with Crippen molar-refractivity contribution in [3.05, 3.63) is 29.8 Å². The summed E-state index contributed by atoms with van der Waals surface area (Å²) in [7, 11) is 0. The van der Waals surface area contributed by atoms with Gasteiger partial charge in [-0.2, -0.15) is 0 Å². The first-order valence-electron chi connectivity index (χ1n) is 7.40. The summed E-state index contributed by atoms with van der Waals surface area (Å²) in [5.41, 5.74) is 2.43. The first kappa shape index (κ1) is 13.9. The fraction of sp³-hybridized carbons (Fsp3) is 0.467. The lowest BCUT2D eigenvalue weighted by Gasteiger charge is -2.20. The van der Waals surface area contributed by atoms with E-state index in [1.807, 2.05) is 12.1 Å². The van der Waals surface area contributed by atoms with E-state index < -0.39 is 0 Å². The Balaban J connectivity index is 1.60. The molecule has 2 aliphatic heterocycles. The Morgan fingerprint density at radius 3 is 2.90 bits per heavy atom. The summed E-state index contributed by atoms with van der Waals surface area (Å²) in [6, 6.07) is 8.26. The van der Waals surface area contributed by atoms with Crippen molar-refractivity contribution in [2.75, 3.05) is 31.5 Å². The predicted molar refractivity (Wildman–Crippen MR) is 80.0 cm³/mol. The maximum absolute atomic E-state index is 11.5. The van der Waals surface area contributed by atoms with Crippen molar-refractivity contribution < 1.29 is 9.59 Å². The van der Waals surface area contributed by atoms with Gasteiger partial charge in [0.2, 0.25) is 5.91 Å². The third-order valence-electron chi connectivity index (χ3n) is 3.98. The van der Waals surface area contributed by atoms with Crippen LogP contribution in [0, 0.1) is 0 Å². The third-order valence-corrected chi connectivity index (χ3v) is 3.98. The minimum atomic E-state index is -0.287. The molecule has 0 bridgehead atoms. The van der Waals surface area contributed by atoms with Crippen LogP contribution < -0.4 is 16.0 Å². The van der Waals surface area contributed by atoms with Crippen molar-refractivity contribution in [1.29, 1.82) is 0 Å². The lowest BCUT2D eigenvalue weighted by molar-refractivity contribution is -0.124. The molecule has 112 valence electrons. The van der Waals surface area contributed by atoms with Crippen molar-refractivity contribution in [1.82, 2.24) is 15.5 Å². The summed E-state index contributed by atoms with van der Waals surface area (Å²) >= 11 is 0.